The van der Waals surface area contributed by atoms with E-state index in [-0.39, 0.29) is 40.8 Å². The van der Waals surface area contributed by atoms with Crippen LogP contribution in [0, 0.1) is 42.4 Å². The molecular weight excluding hydrogens is 324 g/mol. The highest BCUT2D eigenvalue weighted by atomic mass is 32.2. The first-order chi connectivity index (χ1) is 11.5. The fourth-order valence-electron chi connectivity index (χ4n) is 5.45. The van der Waals surface area contributed by atoms with Gasteiger partial charge in [-0.25, -0.2) is 0 Å². The number of rotatable bonds is 3. The Hall–Kier alpha value is -1.43. The maximum Gasteiger partial charge on any atom is 0.297 e. The van der Waals surface area contributed by atoms with Crippen molar-refractivity contribution in [2.75, 3.05) is 0 Å². The first kappa shape index (κ1) is 14.9. The van der Waals surface area contributed by atoms with Crippen LogP contribution in [0.4, 0.5) is 0 Å². The standard InChI is InChI=1S/C19H20O4S/c1-10-2-4-11(5-3-10)24(21,22)23-19-14-8-6-12-16(14)17-13(18(12)20)7-9-15(17)19/h2-9,12-20H,1H3/t12?,13?,14?,15?,16-,17+,18?,19?. The summed E-state index contributed by atoms with van der Waals surface area (Å²) in [6.07, 6.45) is 7.57. The predicted octanol–water partition coefficient (Wildman–Crippen LogP) is 2.29. The van der Waals surface area contributed by atoms with E-state index in [9.17, 15) is 13.5 Å². The lowest BCUT2D eigenvalue weighted by molar-refractivity contribution is 0.0908. The van der Waals surface area contributed by atoms with Gasteiger partial charge in [0, 0.05) is 23.7 Å². The van der Waals surface area contributed by atoms with Crippen molar-refractivity contribution >= 4 is 10.1 Å². The summed E-state index contributed by atoms with van der Waals surface area (Å²) in [6.45, 7) is 1.92. The average molecular weight is 344 g/mol. The molecule has 0 amide bonds. The topological polar surface area (TPSA) is 63.6 Å². The molecule has 4 aliphatic rings. The van der Waals surface area contributed by atoms with Gasteiger partial charge in [0.05, 0.1) is 17.1 Å². The van der Waals surface area contributed by atoms with Gasteiger partial charge >= 0.3 is 0 Å². The zero-order valence-corrected chi connectivity index (χ0v) is 14.1. The summed E-state index contributed by atoms with van der Waals surface area (Å²) in [7, 11) is -3.78. The number of aryl methyl sites for hydroxylation is 1. The van der Waals surface area contributed by atoms with Crippen LogP contribution < -0.4 is 0 Å². The molecule has 2 fully saturated rings. The van der Waals surface area contributed by atoms with E-state index < -0.39 is 10.1 Å². The molecule has 0 heterocycles. The summed E-state index contributed by atoms with van der Waals surface area (Å²) in [5.74, 6) is 1.07. The van der Waals surface area contributed by atoms with Crippen LogP contribution in [0.1, 0.15) is 5.56 Å². The summed E-state index contributed by atoms with van der Waals surface area (Å²) >= 11 is 0. The minimum absolute atomic E-state index is 0.0785. The lowest BCUT2D eigenvalue weighted by atomic mass is 9.88. The quantitative estimate of drug-likeness (QED) is 0.675. The molecule has 0 bridgehead atoms. The number of aliphatic hydroxyl groups excluding tert-OH is 1. The van der Waals surface area contributed by atoms with Gasteiger partial charge in [-0.2, -0.15) is 8.42 Å². The van der Waals surface area contributed by atoms with E-state index in [1.54, 1.807) is 24.3 Å². The van der Waals surface area contributed by atoms with Crippen LogP contribution in [-0.4, -0.2) is 25.7 Å². The van der Waals surface area contributed by atoms with E-state index in [2.05, 4.69) is 24.3 Å². The van der Waals surface area contributed by atoms with Crippen molar-refractivity contribution in [1.29, 1.82) is 0 Å². The molecule has 8 atom stereocenters. The highest BCUT2D eigenvalue weighted by molar-refractivity contribution is 7.86. The van der Waals surface area contributed by atoms with E-state index in [1.807, 2.05) is 6.92 Å². The van der Waals surface area contributed by atoms with Crippen LogP contribution in [-0.2, 0) is 14.3 Å². The van der Waals surface area contributed by atoms with Gasteiger partial charge in [-0.3, -0.25) is 4.18 Å². The van der Waals surface area contributed by atoms with Gasteiger partial charge < -0.3 is 5.11 Å². The normalized spacial score (nSPS) is 44.4. The van der Waals surface area contributed by atoms with Crippen LogP contribution in [0.25, 0.3) is 0 Å². The van der Waals surface area contributed by atoms with E-state index in [0.717, 1.165) is 5.56 Å². The molecule has 0 aliphatic heterocycles. The molecule has 0 radical (unpaired) electrons. The Bertz CT molecular complexity index is 807. The predicted molar refractivity (Wildman–Crippen MR) is 88.5 cm³/mol. The van der Waals surface area contributed by atoms with Crippen molar-refractivity contribution in [2.24, 2.45) is 35.5 Å². The largest absolute Gasteiger partial charge is 0.392 e. The average Bonchev–Trinajstić information content (AvgIpc) is 3.25. The Morgan fingerprint density at radius 3 is 1.92 bits per heavy atom. The Balaban J connectivity index is 1.48. The fraction of sp³-hybridized carbons (Fsp3) is 0.474. The third kappa shape index (κ3) is 1.83. The molecule has 5 heteroatoms. The van der Waals surface area contributed by atoms with Gasteiger partial charge in [-0.1, -0.05) is 42.0 Å². The highest BCUT2D eigenvalue weighted by Crippen LogP contribution is 2.64. The number of benzene rings is 1. The number of hydrogen-bond donors (Lipinski definition) is 1. The summed E-state index contributed by atoms with van der Waals surface area (Å²) in [6, 6.07) is 6.77. The van der Waals surface area contributed by atoms with Crippen molar-refractivity contribution < 1.29 is 17.7 Å². The molecule has 0 saturated heterocycles. The molecule has 0 spiro atoms. The molecule has 1 aromatic carbocycles. The first-order valence-corrected chi connectivity index (χ1v) is 9.93. The SMILES string of the molecule is Cc1ccc(S(=O)(=O)OC2C3C=CC4C(O)C5C=CC2[C@H]5[C@H]43)cc1. The summed E-state index contributed by atoms with van der Waals surface area (Å²) < 4.78 is 31.2. The van der Waals surface area contributed by atoms with Crippen molar-refractivity contribution in [1.82, 2.24) is 0 Å². The van der Waals surface area contributed by atoms with Crippen LogP contribution in [0.15, 0.2) is 53.5 Å². The molecule has 1 aromatic rings. The molecule has 4 nitrogen and oxygen atoms in total. The van der Waals surface area contributed by atoms with E-state index in [0.29, 0.717) is 11.8 Å². The van der Waals surface area contributed by atoms with E-state index in [4.69, 9.17) is 4.18 Å². The molecule has 24 heavy (non-hydrogen) atoms. The van der Waals surface area contributed by atoms with Gasteiger partial charge in [-0.05, 0) is 30.9 Å². The first-order valence-electron chi connectivity index (χ1n) is 8.52. The molecule has 4 aliphatic carbocycles. The smallest absolute Gasteiger partial charge is 0.297 e. The highest BCUT2D eigenvalue weighted by Gasteiger charge is 2.65. The molecule has 5 rings (SSSR count). The monoisotopic (exact) mass is 344 g/mol. The van der Waals surface area contributed by atoms with E-state index in [1.165, 1.54) is 0 Å². The number of hydrogen-bond acceptors (Lipinski definition) is 4. The molecule has 126 valence electrons. The zero-order chi connectivity index (χ0) is 16.6. The van der Waals surface area contributed by atoms with Gasteiger partial charge in [-0.15, -0.1) is 0 Å². The van der Waals surface area contributed by atoms with Gasteiger partial charge in [0.1, 0.15) is 0 Å². The van der Waals surface area contributed by atoms with Crippen molar-refractivity contribution in [2.45, 2.75) is 24.0 Å². The van der Waals surface area contributed by atoms with Crippen molar-refractivity contribution in [3.05, 3.63) is 54.1 Å². The summed E-state index contributed by atoms with van der Waals surface area (Å²) in [4.78, 5) is 0.210. The Kier molecular flexibility index (Phi) is 2.98. The minimum Gasteiger partial charge on any atom is -0.392 e. The van der Waals surface area contributed by atoms with Crippen LogP contribution in [0.2, 0.25) is 0 Å². The third-order valence-corrected chi connectivity index (χ3v) is 7.75. The molecule has 6 unspecified atom stereocenters. The number of aliphatic hydroxyl groups is 1. The Morgan fingerprint density at radius 1 is 0.875 bits per heavy atom. The van der Waals surface area contributed by atoms with Crippen LogP contribution in [0.3, 0.4) is 0 Å². The maximum absolute atomic E-state index is 12.7. The second-order valence-electron chi connectivity index (χ2n) is 7.55. The van der Waals surface area contributed by atoms with Gasteiger partial charge in [0.25, 0.3) is 10.1 Å². The Morgan fingerprint density at radius 2 is 1.38 bits per heavy atom. The van der Waals surface area contributed by atoms with Crippen LogP contribution in [0.5, 0.6) is 0 Å². The second-order valence-corrected chi connectivity index (χ2v) is 9.12. The lowest BCUT2D eigenvalue weighted by Crippen LogP contribution is -2.29. The van der Waals surface area contributed by atoms with Crippen molar-refractivity contribution in [3.63, 3.8) is 0 Å². The van der Waals surface area contributed by atoms with Crippen LogP contribution >= 0.6 is 0 Å². The molecular formula is C19H20O4S. The van der Waals surface area contributed by atoms with Gasteiger partial charge in [0.15, 0.2) is 0 Å². The Labute approximate surface area is 142 Å². The molecule has 2 saturated carbocycles. The third-order valence-electron chi connectivity index (χ3n) is 6.43. The molecule has 0 aromatic heterocycles. The second kappa shape index (κ2) is 4.81. The van der Waals surface area contributed by atoms with Crippen molar-refractivity contribution in [3.8, 4) is 0 Å². The fourth-order valence-corrected chi connectivity index (χ4v) is 6.58. The zero-order valence-electron chi connectivity index (χ0n) is 13.3. The summed E-state index contributed by atoms with van der Waals surface area (Å²) in [5, 5.41) is 10.5. The lowest BCUT2D eigenvalue weighted by Gasteiger charge is -2.23. The minimum atomic E-state index is -3.78. The van der Waals surface area contributed by atoms with Gasteiger partial charge in [0.2, 0.25) is 0 Å². The summed E-state index contributed by atoms with van der Waals surface area (Å²) in [5.41, 5.74) is 1.02. The molecule has 1 N–H and O–H groups in total. The van der Waals surface area contributed by atoms with E-state index >= 15 is 0 Å². The maximum atomic E-state index is 12.7.